The summed E-state index contributed by atoms with van der Waals surface area (Å²) in [6.45, 7) is 10.9. The predicted molar refractivity (Wildman–Crippen MR) is 91.3 cm³/mol. The summed E-state index contributed by atoms with van der Waals surface area (Å²) in [7, 11) is 0. The number of ether oxygens (including phenoxy) is 1. The minimum Gasteiger partial charge on any atom is -0.492 e. The molecule has 0 radical (unpaired) electrons. The molecular weight excluding hydrogens is 284 g/mol. The maximum atomic E-state index is 6.17. The van der Waals surface area contributed by atoms with Gasteiger partial charge in [0.2, 0.25) is 0 Å². The van der Waals surface area contributed by atoms with Crippen molar-refractivity contribution in [2.24, 2.45) is 5.92 Å². The van der Waals surface area contributed by atoms with Crippen LogP contribution in [0.3, 0.4) is 0 Å². The van der Waals surface area contributed by atoms with Crippen molar-refractivity contribution >= 4 is 11.6 Å². The third kappa shape index (κ3) is 6.68. The Labute approximate surface area is 134 Å². The zero-order valence-corrected chi connectivity index (χ0v) is 14.3. The molecule has 120 valence electrons. The molecule has 4 heteroatoms. The van der Waals surface area contributed by atoms with E-state index in [9.17, 15) is 0 Å². The lowest BCUT2D eigenvalue weighted by atomic mass is 9.98. The van der Waals surface area contributed by atoms with E-state index in [4.69, 9.17) is 16.3 Å². The Balaban J connectivity index is 0.00000106. The number of hydrogen-bond acceptors (Lipinski definition) is 3. The number of halogens is 1. The van der Waals surface area contributed by atoms with Gasteiger partial charge in [-0.2, -0.15) is 0 Å². The van der Waals surface area contributed by atoms with Crippen LogP contribution in [-0.2, 0) is 6.54 Å². The van der Waals surface area contributed by atoms with Gasteiger partial charge in [-0.25, -0.2) is 0 Å². The number of hydrogen-bond donors (Lipinski definition) is 2. The lowest BCUT2D eigenvalue weighted by Gasteiger charge is -2.22. The van der Waals surface area contributed by atoms with E-state index in [1.165, 1.54) is 18.4 Å². The Bertz CT molecular complexity index is 392. The van der Waals surface area contributed by atoms with Crippen LogP contribution in [0.25, 0.3) is 0 Å². The summed E-state index contributed by atoms with van der Waals surface area (Å²) in [5.74, 6) is 1.57. The molecule has 0 bridgehead atoms. The first-order valence-electron chi connectivity index (χ1n) is 8.12. The van der Waals surface area contributed by atoms with Gasteiger partial charge < -0.3 is 15.4 Å². The highest BCUT2D eigenvalue weighted by Gasteiger charge is 2.12. The maximum absolute atomic E-state index is 6.17. The van der Waals surface area contributed by atoms with Gasteiger partial charge in [0.05, 0.1) is 11.6 Å². The normalized spacial score (nSPS) is 15.2. The lowest BCUT2D eigenvalue weighted by molar-refractivity contribution is 0.340. The number of piperidine rings is 1. The second-order valence-electron chi connectivity index (χ2n) is 5.02. The van der Waals surface area contributed by atoms with Gasteiger partial charge in [-0.1, -0.05) is 31.5 Å². The van der Waals surface area contributed by atoms with Crippen molar-refractivity contribution in [2.45, 2.75) is 40.2 Å². The molecule has 0 saturated carbocycles. The fourth-order valence-electron chi connectivity index (χ4n) is 2.43. The zero-order valence-electron chi connectivity index (χ0n) is 13.5. The Morgan fingerprint density at radius 3 is 2.62 bits per heavy atom. The summed E-state index contributed by atoms with van der Waals surface area (Å²) in [5.41, 5.74) is 1.21. The molecule has 0 amide bonds. The minimum absolute atomic E-state index is 0.646. The van der Waals surface area contributed by atoms with E-state index >= 15 is 0 Å². The molecule has 3 nitrogen and oxygen atoms in total. The second-order valence-corrected chi connectivity index (χ2v) is 5.43. The molecule has 2 rings (SSSR count). The molecule has 1 aliphatic heterocycles. The topological polar surface area (TPSA) is 33.3 Å². The molecular formula is C17H29ClN2O. The van der Waals surface area contributed by atoms with Crippen LogP contribution in [0.1, 0.15) is 39.2 Å². The van der Waals surface area contributed by atoms with Crippen molar-refractivity contribution in [3.8, 4) is 5.75 Å². The van der Waals surface area contributed by atoms with Gasteiger partial charge in [-0.15, -0.1) is 0 Å². The first-order chi connectivity index (χ1) is 10.3. The van der Waals surface area contributed by atoms with E-state index in [1.807, 2.05) is 32.9 Å². The average Bonchev–Trinajstić information content (AvgIpc) is 2.53. The van der Waals surface area contributed by atoms with E-state index in [2.05, 4.69) is 16.7 Å². The summed E-state index contributed by atoms with van der Waals surface area (Å²) in [4.78, 5) is 0. The molecule has 1 heterocycles. The standard InChI is InChI=1S/C15H23ClN2O.C2H6/c1-2-19-15-4-3-13(9-14(15)16)11-18-10-12-5-7-17-8-6-12;1-2/h3-4,9,12,17-18H,2,5-8,10-11H2,1H3;1-2H3. The highest BCUT2D eigenvalue weighted by Crippen LogP contribution is 2.25. The van der Waals surface area contributed by atoms with Crippen LogP contribution in [0.5, 0.6) is 5.75 Å². The number of benzene rings is 1. The molecule has 0 aromatic heterocycles. The van der Waals surface area contributed by atoms with Crippen LogP contribution in [0.4, 0.5) is 0 Å². The van der Waals surface area contributed by atoms with Crippen LogP contribution in [0, 0.1) is 5.92 Å². The van der Waals surface area contributed by atoms with Gasteiger partial charge in [-0.05, 0) is 63.0 Å². The van der Waals surface area contributed by atoms with E-state index < -0.39 is 0 Å². The summed E-state index contributed by atoms with van der Waals surface area (Å²) in [6.07, 6.45) is 2.55. The Kier molecular flexibility index (Phi) is 9.48. The molecule has 1 aromatic rings. The van der Waals surface area contributed by atoms with Crippen LogP contribution < -0.4 is 15.4 Å². The Morgan fingerprint density at radius 2 is 2.00 bits per heavy atom. The molecule has 0 unspecified atom stereocenters. The molecule has 1 saturated heterocycles. The molecule has 0 aliphatic carbocycles. The van der Waals surface area contributed by atoms with E-state index in [-0.39, 0.29) is 0 Å². The molecule has 2 N–H and O–H groups in total. The smallest absolute Gasteiger partial charge is 0.137 e. The summed E-state index contributed by atoms with van der Waals surface area (Å²) >= 11 is 6.17. The zero-order chi connectivity index (χ0) is 15.5. The van der Waals surface area contributed by atoms with Crippen molar-refractivity contribution < 1.29 is 4.74 Å². The molecule has 21 heavy (non-hydrogen) atoms. The third-order valence-electron chi connectivity index (χ3n) is 3.52. The molecule has 0 spiro atoms. The van der Waals surface area contributed by atoms with Gasteiger partial charge in [0.15, 0.2) is 0 Å². The van der Waals surface area contributed by atoms with Crippen molar-refractivity contribution in [1.29, 1.82) is 0 Å². The van der Waals surface area contributed by atoms with Gasteiger partial charge >= 0.3 is 0 Å². The Morgan fingerprint density at radius 1 is 1.29 bits per heavy atom. The molecule has 0 atom stereocenters. The van der Waals surface area contributed by atoms with Gasteiger partial charge in [-0.3, -0.25) is 0 Å². The maximum Gasteiger partial charge on any atom is 0.137 e. The van der Waals surface area contributed by atoms with Crippen LogP contribution in [0.2, 0.25) is 5.02 Å². The Hall–Kier alpha value is -0.770. The van der Waals surface area contributed by atoms with Crippen molar-refractivity contribution in [3.63, 3.8) is 0 Å². The van der Waals surface area contributed by atoms with Crippen molar-refractivity contribution in [1.82, 2.24) is 10.6 Å². The van der Waals surface area contributed by atoms with Crippen LogP contribution in [-0.4, -0.2) is 26.2 Å². The summed E-state index contributed by atoms with van der Waals surface area (Å²) in [6, 6.07) is 6.02. The molecule has 1 fully saturated rings. The highest BCUT2D eigenvalue weighted by molar-refractivity contribution is 6.32. The first-order valence-corrected chi connectivity index (χ1v) is 8.50. The second kappa shape index (κ2) is 10.9. The summed E-state index contributed by atoms with van der Waals surface area (Å²) in [5, 5.41) is 7.61. The fourth-order valence-corrected chi connectivity index (χ4v) is 2.69. The minimum atomic E-state index is 0.646. The average molecular weight is 313 g/mol. The molecule has 1 aliphatic rings. The number of nitrogens with one attached hydrogen (secondary N) is 2. The highest BCUT2D eigenvalue weighted by atomic mass is 35.5. The first kappa shape index (κ1) is 18.3. The van der Waals surface area contributed by atoms with Crippen LogP contribution >= 0.6 is 11.6 Å². The van der Waals surface area contributed by atoms with E-state index in [1.54, 1.807) is 0 Å². The van der Waals surface area contributed by atoms with E-state index in [0.717, 1.165) is 37.8 Å². The largest absolute Gasteiger partial charge is 0.492 e. The monoisotopic (exact) mass is 312 g/mol. The van der Waals surface area contributed by atoms with Gasteiger partial charge in [0.25, 0.3) is 0 Å². The van der Waals surface area contributed by atoms with E-state index in [0.29, 0.717) is 11.6 Å². The fraction of sp³-hybridized carbons (Fsp3) is 0.647. The van der Waals surface area contributed by atoms with Crippen molar-refractivity contribution in [3.05, 3.63) is 28.8 Å². The third-order valence-corrected chi connectivity index (χ3v) is 3.81. The molecule has 1 aromatic carbocycles. The SMILES string of the molecule is CC.CCOc1ccc(CNCC2CCNCC2)cc1Cl. The van der Waals surface area contributed by atoms with Crippen LogP contribution in [0.15, 0.2) is 18.2 Å². The quantitative estimate of drug-likeness (QED) is 0.837. The lowest BCUT2D eigenvalue weighted by Crippen LogP contribution is -2.33. The van der Waals surface area contributed by atoms with Gasteiger partial charge in [0.1, 0.15) is 5.75 Å². The summed E-state index contributed by atoms with van der Waals surface area (Å²) < 4.78 is 5.43. The predicted octanol–water partition coefficient (Wildman–Crippen LogP) is 3.85. The van der Waals surface area contributed by atoms with Crippen molar-refractivity contribution in [2.75, 3.05) is 26.2 Å². The van der Waals surface area contributed by atoms with Gasteiger partial charge in [0, 0.05) is 6.54 Å². The number of rotatable bonds is 6.